The zero-order chi connectivity index (χ0) is 14.5. The van der Waals surface area contributed by atoms with Crippen LogP contribution in [0.2, 0.25) is 0 Å². The van der Waals surface area contributed by atoms with Crippen LogP contribution in [-0.4, -0.2) is 16.0 Å². The van der Waals surface area contributed by atoms with Crippen molar-refractivity contribution in [2.24, 2.45) is 0 Å². The number of aromatic nitrogens is 2. The van der Waals surface area contributed by atoms with E-state index in [1.807, 2.05) is 36.4 Å². The van der Waals surface area contributed by atoms with E-state index in [0.717, 1.165) is 17.0 Å². The van der Waals surface area contributed by atoms with E-state index in [2.05, 4.69) is 20.6 Å². The number of nitrogens with zero attached hydrogens (tertiary/aromatic N) is 2. The maximum absolute atomic E-state index is 11.8. The molecule has 1 aromatic heterocycles. The molecular weight excluding hydrogens is 264 g/mol. The first-order valence-electron chi connectivity index (χ1n) is 7.18. The minimum Gasteiger partial charge on any atom is -0.334 e. The van der Waals surface area contributed by atoms with E-state index in [1.165, 1.54) is 12.8 Å². The molecule has 108 valence electrons. The molecule has 1 saturated carbocycles. The van der Waals surface area contributed by atoms with Crippen molar-refractivity contribution in [3.63, 3.8) is 0 Å². The smallest absolute Gasteiger partial charge is 0.315 e. The Morgan fingerprint density at radius 3 is 2.62 bits per heavy atom. The molecule has 21 heavy (non-hydrogen) atoms. The van der Waals surface area contributed by atoms with Crippen molar-refractivity contribution in [1.82, 2.24) is 20.6 Å². The zero-order valence-corrected chi connectivity index (χ0v) is 11.7. The van der Waals surface area contributed by atoms with Gasteiger partial charge in [0, 0.05) is 18.2 Å². The summed E-state index contributed by atoms with van der Waals surface area (Å²) >= 11 is 0. The van der Waals surface area contributed by atoms with Gasteiger partial charge in [0.2, 0.25) is 0 Å². The molecule has 2 N–H and O–H groups in total. The predicted molar refractivity (Wildman–Crippen MR) is 79.5 cm³/mol. The van der Waals surface area contributed by atoms with Crippen molar-refractivity contribution in [3.8, 4) is 0 Å². The van der Waals surface area contributed by atoms with Crippen LogP contribution in [0.4, 0.5) is 4.79 Å². The van der Waals surface area contributed by atoms with E-state index in [-0.39, 0.29) is 6.03 Å². The highest BCUT2D eigenvalue weighted by Crippen LogP contribution is 2.38. The second-order valence-corrected chi connectivity index (χ2v) is 5.23. The second-order valence-electron chi connectivity index (χ2n) is 5.23. The fourth-order valence-corrected chi connectivity index (χ4v) is 2.13. The van der Waals surface area contributed by atoms with Gasteiger partial charge in [-0.1, -0.05) is 30.3 Å². The van der Waals surface area contributed by atoms with Crippen molar-refractivity contribution in [2.45, 2.75) is 31.8 Å². The zero-order valence-electron chi connectivity index (χ0n) is 11.7. The van der Waals surface area contributed by atoms with Gasteiger partial charge in [0.15, 0.2) is 0 Å². The van der Waals surface area contributed by atoms with E-state index in [9.17, 15) is 4.79 Å². The third kappa shape index (κ3) is 4.02. The molecule has 0 unspecified atom stereocenters. The molecule has 1 heterocycles. The number of amides is 2. The molecule has 5 nitrogen and oxygen atoms in total. The standard InChI is InChI=1S/C16H18N4O/c21-16(17-9-12-4-2-1-3-5-12)18-10-14-8-15(13-6-7-13)20-11-19-14/h1-5,8,11,13H,6-7,9-10H2,(H2,17,18,21). The van der Waals surface area contributed by atoms with Gasteiger partial charge in [0.1, 0.15) is 6.33 Å². The lowest BCUT2D eigenvalue weighted by molar-refractivity contribution is 0.240. The van der Waals surface area contributed by atoms with E-state index < -0.39 is 0 Å². The fraction of sp³-hybridized carbons (Fsp3) is 0.312. The van der Waals surface area contributed by atoms with Gasteiger partial charge in [-0.05, 0) is 24.5 Å². The largest absolute Gasteiger partial charge is 0.334 e. The third-order valence-corrected chi connectivity index (χ3v) is 3.47. The summed E-state index contributed by atoms with van der Waals surface area (Å²) in [5.41, 5.74) is 3.01. The number of benzene rings is 1. The van der Waals surface area contributed by atoms with Crippen LogP contribution < -0.4 is 10.6 Å². The number of urea groups is 1. The summed E-state index contributed by atoms with van der Waals surface area (Å²) in [6, 6.07) is 11.6. The summed E-state index contributed by atoms with van der Waals surface area (Å²) in [6.45, 7) is 0.937. The van der Waals surface area contributed by atoms with E-state index in [0.29, 0.717) is 19.0 Å². The van der Waals surface area contributed by atoms with Gasteiger partial charge in [-0.2, -0.15) is 0 Å². The first-order chi connectivity index (χ1) is 10.3. The molecule has 1 aliphatic carbocycles. The monoisotopic (exact) mass is 282 g/mol. The van der Waals surface area contributed by atoms with E-state index >= 15 is 0 Å². The average molecular weight is 282 g/mol. The third-order valence-electron chi connectivity index (χ3n) is 3.47. The first-order valence-corrected chi connectivity index (χ1v) is 7.18. The van der Waals surface area contributed by atoms with Gasteiger partial charge >= 0.3 is 6.03 Å². The summed E-state index contributed by atoms with van der Waals surface area (Å²) in [5, 5.41) is 5.64. The van der Waals surface area contributed by atoms with Crippen LogP contribution in [0.1, 0.15) is 35.7 Å². The number of carbonyl (C=O) groups excluding carboxylic acids is 1. The van der Waals surface area contributed by atoms with Crippen molar-refractivity contribution < 1.29 is 4.79 Å². The molecule has 1 aromatic carbocycles. The molecule has 2 aromatic rings. The van der Waals surface area contributed by atoms with Crippen LogP contribution in [0, 0.1) is 0 Å². The SMILES string of the molecule is O=C(NCc1ccccc1)NCc1cc(C2CC2)ncn1. The van der Waals surface area contributed by atoms with Gasteiger partial charge in [0.25, 0.3) is 0 Å². The quantitative estimate of drug-likeness (QED) is 0.884. The molecule has 0 atom stereocenters. The number of rotatable bonds is 5. The molecule has 2 amide bonds. The van der Waals surface area contributed by atoms with Crippen molar-refractivity contribution in [1.29, 1.82) is 0 Å². The number of hydrogen-bond donors (Lipinski definition) is 2. The minimum atomic E-state index is -0.189. The number of hydrogen-bond acceptors (Lipinski definition) is 3. The van der Waals surface area contributed by atoms with E-state index in [4.69, 9.17) is 0 Å². The Morgan fingerprint density at radius 1 is 1.10 bits per heavy atom. The summed E-state index contributed by atoms with van der Waals surface area (Å²) in [4.78, 5) is 20.2. The second kappa shape index (κ2) is 6.35. The predicted octanol–water partition coefficient (Wildman–Crippen LogP) is 2.35. The molecule has 0 aliphatic heterocycles. The van der Waals surface area contributed by atoms with Crippen LogP contribution in [0.15, 0.2) is 42.7 Å². The highest BCUT2D eigenvalue weighted by Gasteiger charge is 2.25. The van der Waals surface area contributed by atoms with Crippen LogP contribution in [0.25, 0.3) is 0 Å². The minimum absolute atomic E-state index is 0.189. The fourth-order valence-electron chi connectivity index (χ4n) is 2.13. The average Bonchev–Trinajstić information content (AvgIpc) is 3.37. The normalized spacial score (nSPS) is 13.7. The maximum Gasteiger partial charge on any atom is 0.315 e. The van der Waals surface area contributed by atoms with Crippen molar-refractivity contribution in [2.75, 3.05) is 0 Å². The summed E-state index contributed by atoms with van der Waals surface area (Å²) in [5.74, 6) is 0.596. The summed E-state index contributed by atoms with van der Waals surface area (Å²) < 4.78 is 0. The van der Waals surface area contributed by atoms with Gasteiger partial charge in [-0.15, -0.1) is 0 Å². The van der Waals surface area contributed by atoms with Gasteiger partial charge < -0.3 is 10.6 Å². The lowest BCUT2D eigenvalue weighted by Gasteiger charge is -2.08. The van der Waals surface area contributed by atoms with Crippen LogP contribution in [-0.2, 0) is 13.1 Å². The highest BCUT2D eigenvalue weighted by atomic mass is 16.2. The lowest BCUT2D eigenvalue weighted by atomic mass is 10.2. The Morgan fingerprint density at radius 2 is 1.86 bits per heavy atom. The van der Waals surface area contributed by atoms with Crippen LogP contribution in [0.3, 0.4) is 0 Å². The molecular formula is C16H18N4O. The Labute approximate surface area is 123 Å². The maximum atomic E-state index is 11.8. The van der Waals surface area contributed by atoms with Gasteiger partial charge in [-0.3, -0.25) is 0 Å². The molecule has 0 bridgehead atoms. The first kappa shape index (κ1) is 13.5. The Kier molecular flexibility index (Phi) is 4.09. The molecule has 0 saturated heterocycles. The number of nitrogens with one attached hydrogen (secondary N) is 2. The van der Waals surface area contributed by atoms with Crippen LogP contribution >= 0.6 is 0 Å². The molecule has 1 aliphatic rings. The molecule has 1 fully saturated rings. The summed E-state index contributed by atoms with van der Waals surface area (Å²) in [7, 11) is 0. The van der Waals surface area contributed by atoms with E-state index in [1.54, 1.807) is 6.33 Å². The Balaban J connectivity index is 1.46. The Bertz CT molecular complexity index is 611. The lowest BCUT2D eigenvalue weighted by Crippen LogP contribution is -2.34. The molecule has 3 rings (SSSR count). The highest BCUT2D eigenvalue weighted by molar-refractivity contribution is 5.73. The molecule has 5 heteroatoms. The van der Waals surface area contributed by atoms with Gasteiger partial charge in [0.05, 0.1) is 12.2 Å². The summed E-state index contributed by atoms with van der Waals surface area (Å²) in [6.07, 6.45) is 4.00. The van der Waals surface area contributed by atoms with Crippen LogP contribution in [0.5, 0.6) is 0 Å². The van der Waals surface area contributed by atoms with Gasteiger partial charge in [-0.25, -0.2) is 14.8 Å². The van der Waals surface area contributed by atoms with Crippen molar-refractivity contribution in [3.05, 3.63) is 59.7 Å². The number of carbonyl (C=O) groups is 1. The molecule has 0 spiro atoms. The van der Waals surface area contributed by atoms with Crippen molar-refractivity contribution >= 4 is 6.03 Å². The molecule has 0 radical (unpaired) electrons. The topological polar surface area (TPSA) is 66.9 Å². The Hall–Kier alpha value is -2.43.